The predicted octanol–water partition coefficient (Wildman–Crippen LogP) is 2.53. The molecule has 0 bridgehead atoms. The van der Waals surface area contributed by atoms with E-state index in [1.54, 1.807) is 4.90 Å². The summed E-state index contributed by atoms with van der Waals surface area (Å²) in [5, 5.41) is 0. The van der Waals surface area contributed by atoms with Crippen LogP contribution in [0.2, 0.25) is 0 Å². The highest BCUT2D eigenvalue weighted by atomic mass is 79.9. The highest BCUT2D eigenvalue weighted by molar-refractivity contribution is 9.10. The van der Waals surface area contributed by atoms with Gasteiger partial charge in [-0.2, -0.15) is 0 Å². The Morgan fingerprint density at radius 3 is 2.67 bits per heavy atom. The van der Waals surface area contributed by atoms with Crippen molar-refractivity contribution in [2.45, 2.75) is 30.6 Å². The van der Waals surface area contributed by atoms with E-state index in [2.05, 4.69) is 15.9 Å². The highest BCUT2D eigenvalue weighted by Crippen LogP contribution is 2.18. The molecule has 1 atom stereocenters. The Labute approximate surface area is 115 Å². The molecule has 1 aliphatic heterocycles. The Morgan fingerprint density at radius 2 is 1.94 bits per heavy atom. The molecule has 1 amide bonds. The molecule has 0 N–H and O–H groups in total. The molecule has 1 unspecified atom stereocenters. The predicted molar refractivity (Wildman–Crippen MR) is 73.4 cm³/mol. The van der Waals surface area contributed by atoms with Gasteiger partial charge in [0.25, 0.3) is 0 Å². The molecule has 1 fully saturated rings. The van der Waals surface area contributed by atoms with Crippen LogP contribution in [0.1, 0.15) is 24.8 Å². The van der Waals surface area contributed by atoms with Gasteiger partial charge in [0, 0.05) is 13.0 Å². The van der Waals surface area contributed by atoms with Crippen LogP contribution in [-0.2, 0) is 16.1 Å². The number of benzene rings is 1. The van der Waals surface area contributed by atoms with Gasteiger partial charge in [-0.1, -0.05) is 46.3 Å². The second-order valence-corrected chi connectivity index (χ2v) is 5.68. The van der Waals surface area contributed by atoms with E-state index >= 15 is 0 Å². The maximum Gasteiger partial charge on any atom is 0.237 e. The number of carbonyl (C=O) groups is 2. The summed E-state index contributed by atoms with van der Waals surface area (Å²) in [5.41, 5.74) is 1.05. The zero-order valence-electron chi connectivity index (χ0n) is 10.1. The molecular formula is C14H16BrNO2. The number of nitrogens with zero attached hydrogens (tertiary/aromatic N) is 1. The molecule has 1 aromatic rings. The van der Waals surface area contributed by atoms with Crippen molar-refractivity contribution in [3.63, 3.8) is 0 Å². The van der Waals surface area contributed by atoms with Crippen molar-refractivity contribution in [3.05, 3.63) is 35.9 Å². The average molecular weight is 310 g/mol. The summed E-state index contributed by atoms with van der Waals surface area (Å²) in [6.07, 6.45) is 2.09. The van der Waals surface area contributed by atoms with Crippen LogP contribution in [0, 0.1) is 0 Å². The first-order chi connectivity index (χ1) is 8.66. The molecule has 1 aliphatic rings. The van der Waals surface area contributed by atoms with Crippen LogP contribution >= 0.6 is 15.9 Å². The van der Waals surface area contributed by atoms with E-state index in [1.165, 1.54) is 0 Å². The van der Waals surface area contributed by atoms with Crippen LogP contribution in [0.25, 0.3) is 0 Å². The Balaban J connectivity index is 2.11. The molecule has 1 aromatic carbocycles. The van der Waals surface area contributed by atoms with E-state index in [-0.39, 0.29) is 23.1 Å². The van der Waals surface area contributed by atoms with Crippen LogP contribution < -0.4 is 0 Å². The second-order valence-electron chi connectivity index (χ2n) is 4.58. The lowest BCUT2D eigenvalue weighted by atomic mass is 10.1. The first-order valence-electron chi connectivity index (χ1n) is 6.15. The number of carbonyl (C=O) groups excluding carboxylic acids is 2. The summed E-state index contributed by atoms with van der Waals surface area (Å²) >= 11 is 3.41. The number of hydrogen-bond acceptors (Lipinski definition) is 2. The van der Waals surface area contributed by atoms with Crippen molar-refractivity contribution in [2.75, 3.05) is 6.54 Å². The molecule has 1 saturated heterocycles. The van der Waals surface area contributed by atoms with E-state index < -0.39 is 0 Å². The quantitative estimate of drug-likeness (QED) is 0.787. The summed E-state index contributed by atoms with van der Waals surface area (Å²) in [5.74, 6) is 0.172. The van der Waals surface area contributed by atoms with Gasteiger partial charge < -0.3 is 4.90 Å². The van der Waals surface area contributed by atoms with Gasteiger partial charge in [-0.15, -0.1) is 0 Å². The monoisotopic (exact) mass is 309 g/mol. The van der Waals surface area contributed by atoms with Gasteiger partial charge in [0.05, 0.1) is 11.4 Å². The largest absolute Gasteiger partial charge is 0.330 e. The molecule has 1 heterocycles. The summed E-state index contributed by atoms with van der Waals surface area (Å²) in [6, 6.07) is 9.77. The molecule has 2 rings (SSSR count). The van der Waals surface area contributed by atoms with Crippen molar-refractivity contribution in [3.8, 4) is 0 Å². The molecule has 0 aromatic heterocycles. The topological polar surface area (TPSA) is 37.4 Å². The fourth-order valence-electron chi connectivity index (χ4n) is 2.11. The maximum atomic E-state index is 12.2. The van der Waals surface area contributed by atoms with Crippen molar-refractivity contribution in [2.24, 2.45) is 0 Å². The number of likely N-dealkylation sites (tertiary alicyclic amines) is 1. The number of alkyl halides is 1. The zero-order chi connectivity index (χ0) is 13.0. The summed E-state index contributed by atoms with van der Waals surface area (Å²) in [7, 11) is 0. The average Bonchev–Trinajstić information content (AvgIpc) is 2.37. The summed E-state index contributed by atoms with van der Waals surface area (Å²) < 4.78 is 0. The van der Waals surface area contributed by atoms with Gasteiger partial charge in [0.15, 0.2) is 5.78 Å². The van der Waals surface area contributed by atoms with Gasteiger partial charge >= 0.3 is 0 Å². The van der Waals surface area contributed by atoms with Gasteiger partial charge in [0.2, 0.25) is 5.91 Å². The molecule has 3 nitrogen and oxygen atoms in total. The lowest BCUT2D eigenvalue weighted by molar-refractivity contribution is -0.136. The molecule has 4 heteroatoms. The molecule has 0 aliphatic carbocycles. The summed E-state index contributed by atoms with van der Waals surface area (Å²) in [4.78, 5) is 25.3. The van der Waals surface area contributed by atoms with Gasteiger partial charge in [0.1, 0.15) is 0 Å². The Bertz CT molecular complexity index is 433. The van der Waals surface area contributed by atoms with Crippen molar-refractivity contribution in [1.82, 2.24) is 4.90 Å². The van der Waals surface area contributed by atoms with Crippen LogP contribution in [0.5, 0.6) is 0 Å². The minimum Gasteiger partial charge on any atom is -0.330 e. The standard InChI is InChI=1S/C14H16BrNO2/c15-13-8-4-7-12(17)10-16(14(13)18)9-11-5-2-1-3-6-11/h1-3,5-6,13H,4,7-10H2. The fraction of sp³-hybridized carbons (Fsp3) is 0.429. The van der Waals surface area contributed by atoms with Gasteiger partial charge in [-0.05, 0) is 18.4 Å². The van der Waals surface area contributed by atoms with Crippen molar-refractivity contribution in [1.29, 1.82) is 0 Å². The highest BCUT2D eigenvalue weighted by Gasteiger charge is 2.26. The molecular weight excluding hydrogens is 294 g/mol. The van der Waals surface area contributed by atoms with Crippen LogP contribution in [0.3, 0.4) is 0 Å². The Kier molecular flexibility index (Phi) is 4.53. The number of Topliss-reactive ketones (excluding diaryl/α,β-unsaturated/α-hetero) is 1. The third-order valence-electron chi connectivity index (χ3n) is 3.08. The lowest BCUT2D eigenvalue weighted by Gasteiger charge is -2.26. The number of halogens is 1. The number of ketones is 1. The molecule has 0 saturated carbocycles. The van der Waals surface area contributed by atoms with Crippen LogP contribution in [0.15, 0.2) is 30.3 Å². The van der Waals surface area contributed by atoms with E-state index in [1.807, 2.05) is 30.3 Å². The third kappa shape index (κ3) is 3.42. The first-order valence-corrected chi connectivity index (χ1v) is 7.07. The van der Waals surface area contributed by atoms with E-state index in [0.717, 1.165) is 18.4 Å². The maximum absolute atomic E-state index is 12.2. The zero-order valence-corrected chi connectivity index (χ0v) is 11.7. The SMILES string of the molecule is O=C1CCCC(Br)C(=O)N(Cc2ccccc2)C1. The third-order valence-corrected chi connectivity index (χ3v) is 3.93. The molecule has 18 heavy (non-hydrogen) atoms. The van der Waals surface area contributed by atoms with Crippen molar-refractivity contribution < 1.29 is 9.59 Å². The Hall–Kier alpha value is -1.16. The second kappa shape index (κ2) is 6.14. The van der Waals surface area contributed by atoms with E-state index in [9.17, 15) is 9.59 Å². The first kappa shape index (κ1) is 13.3. The van der Waals surface area contributed by atoms with E-state index in [4.69, 9.17) is 0 Å². The smallest absolute Gasteiger partial charge is 0.237 e. The molecule has 0 radical (unpaired) electrons. The van der Waals surface area contributed by atoms with Crippen LogP contribution in [0.4, 0.5) is 0 Å². The van der Waals surface area contributed by atoms with Gasteiger partial charge in [-0.25, -0.2) is 0 Å². The number of rotatable bonds is 2. The minimum absolute atomic E-state index is 0.0203. The molecule has 0 spiro atoms. The normalized spacial score (nSPS) is 21.6. The van der Waals surface area contributed by atoms with Crippen molar-refractivity contribution >= 4 is 27.6 Å². The Morgan fingerprint density at radius 1 is 1.22 bits per heavy atom. The number of amides is 1. The fourth-order valence-corrected chi connectivity index (χ4v) is 2.72. The minimum atomic E-state index is -0.158. The molecule has 96 valence electrons. The van der Waals surface area contributed by atoms with Crippen LogP contribution in [-0.4, -0.2) is 28.0 Å². The van der Waals surface area contributed by atoms with E-state index in [0.29, 0.717) is 13.0 Å². The lowest BCUT2D eigenvalue weighted by Crippen LogP contribution is -2.41. The summed E-state index contributed by atoms with van der Waals surface area (Å²) in [6.45, 7) is 0.739. The number of hydrogen-bond donors (Lipinski definition) is 0. The van der Waals surface area contributed by atoms with Gasteiger partial charge in [-0.3, -0.25) is 9.59 Å².